The Morgan fingerprint density at radius 2 is 2.10 bits per heavy atom. The van der Waals surface area contributed by atoms with Gasteiger partial charge in [-0.05, 0) is 38.0 Å². The van der Waals surface area contributed by atoms with Crippen LogP contribution >= 0.6 is 27.5 Å². The number of hydrogen-bond donors (Lipinski definition) is 1. The van der Waals surface area contributed by atoms with Crippen molar-refractivity contribution in [3.63, 3.8) is 0 Å². The lowest BCUT2D eigenvalue weighted by molar-refractivity contribution is -0.00506. The Labute approximate surface area is 133 Å². The normalized spacial score (nSPS) is 19.0. The number of likely N-dealkylation sites (tertiary alicyclic amines) is 1. The molecule has 1 aliphatic heterocycles. The molecule has 20 heavy (non-hydrogen) atoms. The summed E-state index contributed by atoms with van der Waals surface area (Å²) in [6, 6.07) is 5.33. The Morgan fingerprint density at radius 1 is 1.45 bits per heavy atom. The fraction of sp³-hybridized carbons (Fsp3) is 0.533. The van der Waals surface area contributed by atoms with Crippen molar-refractivity contribution in [1.29, 1.82) is 0 Å². The summed E-state index contributed by atoms with van der Waals surface area (Å²) in [4.78, 5) is 14.4. The number of rotatable bonds is 4. The molecule has 3 nitrogen and oxygen atoms in total. The summed E-state index contributed by atoms with van der Waals surface area (Å²) >= 11 is 9.42. The van der Waals surface area contributed by atoms with E-state index >= 15 is 0 Å². The highest BCUT2D eigenvalue weighted by Gasteiger charge is 2.27. The van der Waals surface area contributed by atoms with Crippen LogP contribution in [0.5, 0.6) is 0 Å². The molecule has 0 aliphatic carbocycles. The van der Waals surface area contributed by atoms with Crippen molar-refractivity contribution >= 4 is 33.3 Å². The van der Waals surface area contributed by atoms with Gasteiger partial charge in [-0.2, -0.15) is 0 Å². The van der Waals surface area contributed by atoms with Crippen molar-refractivity contribution < 1.29 is 9.90 Å². The third kappa shape index (κ3) is 4.29. The van der Waals surface area contributed by atoms with Crippen LogP contribution in [0.15, 0.2) is 22.7 Å². The predicted molar refractivity (Wildman–Crippen MR) is 84.4 cm³/mol. The van der Waals surface area contributed by atoms with Gasteiger partial charge in [-0.25, -0.2) is 0 Å². The third-order valence-corrected chi connectivity index (χ3v) is 4.63. The first-order chi connectivity index (χ1) is 9.37. The van der Waals surface area contributed by atoms with E-state index in [4.69, 9.17) is 11.6 Å². The van der Waals surface area contributed by atoms with Gasteiger partial charge in [-0.1, -0.05) is 27.5 Å². The second kappa shape index (κ2) is 6.56. The number of Topliss-reactive ketones (excluding diaryl/α,β-unsaturated/α-hetero) is 1. The molecule has 1 aromatic carbocycles. The van der Waals surface area contributed by atoms with E-state index < -0.39 is 5.60 Å². The summed E-state index contributed by atoms with van der Waals surface area (Å²) in [5.74, 6) is 0.0693. The summed E-state index contributed by atoms with van der Waals surface area (Å²) in [7, 11) is 0. The standard InChI is InChI=1S/C15H19BrClNO2/c1-15(20)5-8-18(9-6-15)7-4-14(19)12-3-2-11(16)10-13(12)17/h2-3,10,20H,4-9H2,1H3. The maximum atomic E-state index is 12.2. The molecule has 0 amide bonds. The molecule has 2 rings (SSSR count). The molecular weight excluding hydrogens is 342 g/mol. The molecule has 1 heterocycles. The molecule has 0 bridgehead atoms. The number of aliphatic hydroxyl groups is 1. The summed E-state index contributed by atoms with van der Waals surface area (Å²) in [5, 5.41) is 10.4. The minimum atomic E-state index is -0.546. The molecule has 110 valence electrons. The molecule has 0 spiro atoms. The first-order valence-electron chi connectivity index (χ1n) is 6.80. The molecular formula is C15H19BrClNO2. The lowest BCUT2D eigenvalue weighted by Gasteiger charge is -2.35. The Balaban J connectivity index is 1.87. The maximum absolute atomic E-state index is 12.2. The zero-order valence-corrected chi connectivity index (χ0v) is 13.9. The van der Waals surface area contributed by atoms with Crippen LogP contribution < -0.4 is 0 Å². The highest BCUT2D eigenvalue weighted by Crippen LogP contribution is 2.24. The average molecular weight is 361 g/mol. The van der Waals surface area contributed by atoms with Crippen LogP contribution in [-0.2, 0) is 0 Å². The minimum Gasteiger partial charge on any atom is -0.390 e. The lowest BCUT2D eigenvalue weighted by atomic mass is 9.93. The van der Waals surface area contributed by atoms with E-state index in [2.05, 4.69) is 20.8 Å². The number of benzene rings is 1. The summed E-state index contributed by atoms with van der Waals surface area (Å²) < 4.78 is 0.873. The van der Waals surface area contributed by atoms with Crippen LogP contribution in [0.2, 0.25) is 5.02 Å². The molecule has 0 saturated carbocycles. The zero-order valence-electron chi connectivity index (χ0n) is 11.5. The van der Waals surface area contributed by atoms with Crippen molar-refractivity contribution in [3.8, 4) is 0 Å². The number of carbonyl (C=O) groups excluding carboxylic acids is 1. The van der Waals surface area contributed by atoms with Crippen LogP contribution in [0.1, 0.15) is 36.5 Å². The van der Waals surface area contributed by atoms with Crippen LogP contribution in [0.25, 0.3) is 0 Å². The summed E-state index contributed by atoms with van der Waals surface area (Å²) in [5.41, 5.74) is 0.0362. The molecule has 1 saturated heterocycles. The van der Waals surface area contributed by atoms with Gasteiger partial charge >= 0.3 is 0 Å². The summed E-state index contributed by atoms with van der Waals surface area (Å²) in [6.07, 6.45) is 1.99. The van der Waals surface area contributed by atoms with Gasteiger partial charge in [-0.3, -0.25) is 4.79 Å². The maximum Gasteiger partial charge on any atom is 0.165 e. The van der Waals surface area contributed by atoms with Gasteiger partial charge in [0.2, 0.25) is 0 Å². The van der Waals surface area contributed by atoms with E-state index in [-0.39, 0.29) is 5.78 Å². The second-order valence-electron chi connectivity index (χ2n) is 5.64. The molecule has 0 radical (unpaired) electrons. The van der Waals surface area contributed by atoms with E-state index in [1.54, 1.807) is 12.1 Å². The number of halogens is 2. The molecule has 1 fully saturated rings. The first-order valence-corrected chi connectivity index (χ1v) is 7.97. The van der Waals surface area contributed by atoms with Crippen LogP contribution in [-0.4, -0.2) is 41.0 Å². The summed E-state index contributed by atoms with van der Waals surface area (Å²) in [6.45, 7) is 4.28. The molecule has 1 aliphatic rings. The molecule has 1 aromatic rings. The predicted octanol–water partition coefficient (Wildman–Crippen LogP) is 3.52. The Morgan fingerprint density at radius 3 is 2.70 bits per heavy atom. The van der Waals surface area contributed by atoms with E-state index in [1.165, 1.54) is 0 Å². The monoisotopic (exact) mass is 359 g/mol. The SMILES string of the molecule is CC1(O)CCN(CCC(=O)c2ccc(Br)cc2Cl)CC1. The van der Waals surface area contributed by atoms with E-state index in [0.717, 1.165) is 36.9 Å². The first kappa shape index (κ1) is 16.0. The van der Waals surface area contributed by atoms with Crippen molar-refractivity contribution in [3.05, 3.63) is 33.3 Å². The fourth-order valence-corrected chi connectivity index (χ4v) is 3.15. The van der Waals surface area contributed by atoms with Gasteiger partial charge < -0.3 is 10.0 Å². The van der Waals surface area contributed by atoms with E-state index in [9.17, 15) is 9.90 Å². The van der Waals surface area contributed by atoms with E-state index in [0.29, 0.717) is 17.0 Å². The zero-order chi connectivity index (χ0) is 14.8. The lowest BCUT2D eigenvalue weighted by Crippen LogP contribution is -2.43. The largest absolute Gasteiger partial charge is 0.390 e. The highest BCUT2D eigenvalue weighted by atomic mass is 79.9. The van der Waals surface area contributed by atoms with Gasteiger partial charge in [0.15, 0.2) is 5.78 Å². The smallest absolute Gasteiger partial charge is 0.165 e. The molecule has 5 heteroatoms. The van der Waals surface area contributed by atoms with Crippen LogP contribution in [0.3, 0.4) is 0 Å². The Hall–Kier alpha value is -0.420. The number of carbonyl (C=O) groups is 1. The topological polar surface area (TPSA) is 40.5 Å². The Bertz CT molecular complexity index is 495. The van der Waals surface area contributed by atoms with Crippen LogP contribution in [0, 0.1) is 0 Å². The van der Waals surface area contributed by atoms with Crippen LogP contribution in [0.4, 0.5) is 0 Å². The minimum absolute atomic E-state index is 0.0693. The quantitative estimate of drug-likeness (QED) is 0.835. The van der Waals surface area contributed by atoms with Crippen molar-refractivity contribution in [2.75, 3.05) is 19.6 Å². The fourth-order valence-electron chi connectivity index (χ4n) is 2.37. The molecule has 0 atom stereocenters. The molecule has 0 unspecified atom stereocenters. The third-order valence-electron chi connectivity index (χ3n) is 3.82. The highest BCUT2D eigenvalue weighted by molar-refractivity contribution is 9.10. The van der Waals surface area contributed by atoms with Crippen molar-refractivity contribution in [2.45, 2.75) is 31.8 Å². The van der Waals surface area contributed by atoms with Gasteiger partial charge in [0.25, 0.3) is 0 Å². The Kier molecular flexibility index (Phi) is 5.24. The number of piperidine rings is 1. The number of nitrogens with zero attached hydrogens (tertiary/aromatic N) is 1. The molecule has 1 N–H and O–H groups in total. The van der Waals surface area contributed by atoms with Gasteiger partial charge in [0.1, 0.15) is 0 Å². The molecule has 0 aromatic heterocycles. The van der Waals surface area contributed by atoms with Crippen molar-refractivity contribution in [1.82, 2.24) is 4.90 Å². The van der Waals surface area contributed by atoms with Gasteiger partial charge in [0, 0.05) is 36.1 Å². The van der Waals surface area contributed by atoms with Crippen molar-refractivity contribution in [2.24, 2.45) is 0 Å². The average Bonchev–Trinajstić information content (AvgIpc) is 2.37. The second-order valence-corrected chi connectivity index (χ2v) is 6.96. The number of ketones is 1. The van der Waals surface area contributed by atoms with Gasteiger partial charge in [-0.15, -0.1) is 0 Å². The van der Waals surface area contributed by atoms with E-state index in [1.807, 2.05) is 13.0 Å². The number of hydrogen-bond acceptors (Lipinski definition) is 3. The van der Waals surface area contributed by atoms with Gasteiger partial charge in [0.05, 0.1) is 10.6 Å².